The number of esters is 1. The summed E-state index contributed by atoms with van der Waals surface area (Å²) in [4.78, 5) is 42.1. The van der Waals surface area contributed by atoms with Crippen LogP contribution in [0.1, 0.15) is 41.0 Å². The maximum Gasteiger partial charge on any atom is 0.356 e. The molecule has 5 rings (SSSR count). The normalized spacial score (nSPS) is 12.6. The molecular weight excluding hydrogens is 567 g/mol. The maximum absolute atomic E-state index is 15.3. The van der Waals surface area contributed by atoms with Crippen LogP contribution < -0.4 is 15.9 Å². The number of hydrogen-bond donors (Lipinski definition) is 1. The minimum atomic E-state index is -3.09. The van der Waals surface area contributed by atoms with Crippen molar-refractivity contribution in [3.8, 4) is 11.1 Å². The first-order valence-corrected chi connectivity index (χ1v) is 16.5. The first-order chi connectivity index (χ1) is 21.4. The Bertz CT molecular complexity index is 1660. The molecular formula is C38H34O5P+. The van der Waals surface area contributed by atoms with Gasteiger partial charge in [-0.05, 0) is 66.9 Å². The monoisotopic (exact) mass is 601 g/mol. The molecule has 5 aromatic carbocycles. The lowest BCUT2D eigenvalue weighted by molar-refractivity contribution is -0.146. The first kappa shape index (κ1) is 30.6. The summed E-state index contributed by atoms with van der Waals surface area (Å²) in [7, 11) is -3.09. The van der Waals surface area contributed by atoms with Crippen LogP contribution >= 0.6 is 7.26 Å². The van der Waals surface area contributed by atoms with Gasteiger partial charge in [0, 0.05) is 5.56 Å². The molecule has 5 aromatic rings. The van der Waals surface area contributed by atoms with Crippen LogP contribution in [0.3, 0.4) is 0 Å². The molecule has 5 nitrogen and oxygen atoms in total. The van der Waals surface area contributed by atoms with Gasteiger partial charge in [-0.15, -0.1) is 0 Å². The number of ketones is 1. The summed E-state index contributed by atoms with van der Waals surface area (Å²) in [6.45, 7) is 3.76. The zero-order valence-electron chi connectivity index (χ0n) is 24.7. The predicted octanol–water partition coefficient (Wildman–Crippen LogP) is 6.94. The van der Waals surface area contributed by atoms with Crippen molar-refractivity contribution >= 4 is 40.9 Å². The maximum atomic E-state index is 15.3. The molecule has 0 bridgehead atoms. The Labute approximate surface area is 258 Å². The minimum absolute atomic E-state index is 0.0710. The Morgan fingerprint density at radius 1 is 0.614 bits per heavy atom. The summed E-state index contributed by atoms with van der Waals surface area (Å²) in [6.07, 6.45) is 0.174. The number of benzene rings is 5. The fourth-order valence-electron chi connectivity index (χ4n) is 5.66. The molecule has 0 aliphatic carbocycles. The fraction of sp³-hybridized carbons (Fsp3) is 0.132. The highest BCUT2D eigenvalue weighted by molar-refractivity contribution is 7.97. The SMILES string of the molecule is CCC(C)OC(=O)C(C(=O)c1ccccc1-c1ccccc1C(=O)O)[P+](c1ccccc1)(c1ccccc1)c1ccccc1. The van der Waals surface area contributed by atoms with Crippen LogP contribution in [0.4, 0.5) is 0 Å². The Balaban J connectivity index is 1.87. The summed E-state index contributed by atoms with van der Waals surface area (Å²) in [5.74, 6) is -2.12. The molecule has 0 saturated carbocycles. The molecule has 6 heteroatoms. The van der Waals surface area contributed by atoms with Crippen LogP contribution in [-0.4, -0.2) is 34.6 Å². The number of Topliss-reactive ketones (excluding diaryl/α,β-unsaturated/α-hetero) is 1. The fourth-order valence-corrected chi connectivity index (χ4v) is 10.2. The van der Waals surface area contributed by atoms with E-state index in [4.69, 9.17) is 4.74 Å². The number of carbonyl (C=O) groups is 3. The zero-order chi connectivity index (χ0) is 31.1. The van der Waals surface area contributed by atoms with Crippen LogP contribution in [0.25, 0.3) is 11.1 Å². The summed E-state index contributed by atoms with van der Waals surface area (Å²) in [5.41, 5.74) is -0.0618. The molecule has 0 amide bonds. The van der Waals surface area contributed by atoms with Gasteiger partial charge in [0.15, 0.2) is 0 Å². The number of carboxylic acid groups (broad SMARTS) is 1. The molecule has 0 saturated heterocycles. The van der Waals surface area contributed by atoms with E-state index in [-0.39, 0.29) is 11.1 Å². The van der Waals surface area contributed by atoms with Gasteiger partial charge in [-0.1, -0.05) is 104 Å². The van der Waals surface area contributed by atoms with Crippen molar-refractivity contribution in [1.29, 1.82) is 0 Å². The van der Waals surface area contributed by atoms with Crippen molar-refractivity contribution in [3.63, 3.8) is 0 Å². The number of rotatable bonds is 11. The van der Waals surface area contributed by atoms with Crippen LogP contribution in [0.2, 0.25) is 0 Å². The second-order valence-electron chi connectivity index (χ2n) is 10.5. The number of carboxylic acids is 1. The molecule has 0 radical (unpaired) electrons. The van der Waals surface area contributed by atoms with E-state index in [1.165, 1.54) is 6.07 Å². The second-order valence-corrected chi connectivity index (χ2v) is 14.1. The average molecular weight is 602 g/mol. The Hall–Kier alpha value is -4.86. The van der Waals surface area contributed by atoms with Gasteiger partial charge in [0.25, 0.3) is 0 Å². The third-order valence-corrected chi connectivity index (χ3v) is 12.4. The van der Waals surface area contributed by atoms with Crippen LogP contribution in [0.15, 0.2) is 140 Å². The van der Waals surface area contributed by atoms with E-state index in [9.17, 15) is 14.7 Å². The molecule has 2 atom stereocenters. The van der Waals surface area contributed by atoms with E-state index in [2.05, 4.69) is 0 Å². The zero-order valence-corrected chi connectivity index (χ0v) is 25.6. The topological polar surface area (TPSA) is 80.7 Å². The summed E-state index contributed by atoms with van der Waals surface area (Å²) in [6, 6.07) is 42.7. The highest BCUT2D eigenvalue weighted by Crippen LogP contribution is 2.61. The molecule has 0 spiro atoms. The highest BCUT2D eigenvalue weighted by Gasteiger charge is 2.60. The molecule has 44 heavy (non-hydrogen) atoms. The van der Waals surface area contributed by atoms with E-state index < -0.39 is 36.7 Å². The van der Waals surface area contributed by atoms with Gasteiger partial charge in [0.05, 0.1) is 11.7 Å². The molecule has 0 fully saturated rings. The molecule has 2 unspecified atom stereocenters. The van der Waals surface area contributed by atoms with E-state index in [0.29, 0.717) is 17.5 Å². The summed E-state index contributed by atoms with van der Waals surface area (Å²) >= 11 is 0. The van der Waals surface area contributed by atoms with Crippen molar-refractivity contribution in [2.45, 2.75) is 32.0 Å². The molecule has 1 N–H and O–H groups in total. The van der Waals surface area contributed by atoms with Crippen molar-refractivity contribution in [3.05, 3.63) is 151 Å². The molecule has 0 aliphatic heterocycles. The summed E-state index contributed by atoms with van der Waals surface area (Å²) in [5, 5.41) is 12.6. The summed E-state index contributed by atoms with van der Waals surface area (Å²) < 4.78 is 6.06. The number of carbonyl (C=O) groups excluding carboxylic acids is 2. The van der Waals surface area contributed by atoms with Gasteiger partial charge >= 0.3 is 11.9 Å². The van der Waals surface area contributed by atoms with E-state index in [0.717, 1.165) is 15.9 Å². The lowest BCUT2D eigenvalue weighted by Gasteiger charge is -2.33. The minimum Gasteiger partial charge on any atom is -0.478 e. The van der Waals surface area contributed by atoms with Gasteiger partial charge in [-0.3, -0.25) is 4.79 Å². The lowest BCUT2D eigenvalue weighted by atomic mass is 9.92. The van der Waals surface area contributed by atoms with Crippen molar-refractivity contribution < 1.29 is 24.2 Å². The van der Waals surface area contributed by atoms with Gasteiger partial charge in [-0.25, -0.2) is 9.59 Å². The Morgan fingerprint density at radius 3 is 1.43 bits per heavy atom. The van der Waals surface area contributed by atoms with E-state index in [1.54, 1.807) is 42.5 Å². The largest absolute Gasteiger partial charge is 0.478 e. The van der Waals surface area contributed by atoms with E-state index in [1.807, 2.05) is 105 Å². The molecule has 220 valence electrons. The van der Waals surface area contributed by atoms with E-state index >= 15 is 4.79 Å². The Morgan fingerprint density at radius 2 is 1.00 bits per heavy atom. The standard InChI is InChI=1S/C38H33O5P/c1-3-27(2)43-38(42)36(35(39)33-25-15-13-23-31(33)32-24-14-16-26-34(32)37(40)41)44(28-17-7-4-8-18-28,29-19-9-5-10-20-29)30-21-11-6-12-22-30/h4-27,36H,3H2,1-2H3/p+1. The predicted molar refractivity (Wildman–Crippen MR) is 178 cm³/mol. The molecule has 0 aromatic heterocycles. The van der Waals surface area contributed by atoms with Gasteiger partial charge in [0.2, 0.25) is 11.4 Å². The number of ether oxygens (including phenoxy) is 1. The Kier molecular flexibility index (Phi) is 9.47. The number of aromatic carboxylic acids is 1. The van der Waals surface area contributed by atoms with Crippen LogP contribution in [0, 0.1) is 0 Å². The first-order valence-electron chi connectivity index (χ1n) is 14.6. The van der Waals surface area contributed by atoms with Gasteiger partial charge in [-0.2, -0.15) is 0 Å². The third kappa shape index (κ3) is 5.84. The lowest BCUT2D eigenvalue weighted by Crippen LogP contribution is -2.47. The third-order valence-electron chi connectivity index (χ3n) is 7.88. The second kappa shape index (κ2) is 13.6. The average Bonchev–Trinajstić information content (AvgIpc) is 3.08. The van der Waals surface area contributed by atoms with Crippen molar-refractivity contribution in [1.82, 2.24) is 0 Å². The van der Waals surface area contributed by atoms with Crippen LogP contribution in [-0.2, 0) is 9.53 Å². The molecule has 0 heterocycles. The van der Waals surface area contributed by atoms with Crippen molar-refractivity contribution in [2.75, 3.05) is 0 Å². The van der Waals surface area contributed by atoms with Gasteiger partial charge < -0.3 is 9.84 Å². The number of hydrogen-bond acceptors (Lipinski definition) is 4. The smallest absolute Gasteiger partial charge is 0.356 e. The van der Waals surface area contributed by atoms with Crippen molar-refractivity contribution in [2.24, 2.45) is 0 Å². The van der Waals surface area contributed by atoms with Gasteiger partial charge in [0.1, 0.15) is 23.2 Å². The highest BCUT2D eigenvalue weighted by atomic mass is 31.2. The quantitative estimate of drug-likeness (QED) is 0.0768. The molecule has 0 aliphatic rings. The van der Waals surface area contributed by atoms with Crippen LogP contribution in [0.5, 0.6) is 0 Å².